The quantitative estimate of drug-likeness (QED) is 0.592. The molecule has 0 aliphatic rings. The van der Waals surface area contributed by atoms with E-state index in [-0.39, 0.29) is 0 Å². The van der Waals surface area contributed by atoms with Crippen molar-refractivity contribution < 1.29 is 27.1 Å². The number of hydrogen-bond acceptors (Lipinski definition) is 3. The minimum absolute atomic E-state index is 0.413. The molecule has 0 N–H and O–H groups in total. The van der Waals surface area contributed by atoms with Gasteiger partial charge in [-0.3, -0.25) is 4.79 Å². The number of aromatic nitrogens is 1. The van der Waals surface area contributed by atoms with Crippen LogP contribution in [0.25, 0.3) is 0 Å². The third-order valence-corrected chi connectivity index (χ3v) is 1.44. The van der Waals surface area contributed by atoms with Crippen molar-refractivity contribution in [2.24, 2.45) is 0 Å². The van der Waals surface area contributed by atoms with E-state index >= 15 is 0 Å². The summed E-state index contributed by atoms with van der Waals surface area (Å²) in [5, 5.41) is -1.11. The molecule has 0 atom stereocenters. The van der Waals surface area contributed by atoms with Crippen molar-refractivity contribution in [3.63, 3.8) is 0 Å². The van der Waals surface area contributed by atoms with Gasteiger partial charge < -0.3 is 4.74 Å². The zero-order valence-electron chi connectivity index (χ0n) is 6.81. The average Bonchev–Trinajstić information content (AvgIpc) is 2.06. The summed E-state index contributed by atoms with van der Waals surface area (Å²) in [5.41, 5.74) is -0.530. The molecule has 1 aromatic rings. The Bertz CT molecular complexity index is 393. The van der Waals surface area contributed by atoms with Gasteiger partial charge in [0.25, 0.3) is 5.24 Å². The van der Waals surface area contributed by atoms with Crippen molar-refractivity contribution in [3.05, 3.63) is 23.8 Å². The largest absolute Gasteiger partial charge is 0.573 e. The van der Waals surface area contributed by atoms with Gasteiger partial charge in [-0.15, -0.1) is 13.2 Å². The lowest BCUT2D eigenvalue weighted by molar-refractivity contribution is -0.275. The van der Waals surface area contributed by atoms with E-state index in [1.165, 1.54) is 0 Å². The van der Waals surface area contributed by atoms with Crippen LogP contribution < -0.4 is 4.74 Å². The molecule has 0 bridgehead atoms. The van der Waals surface area contributed by atoms with E-state index in [1.807, 2.05) is 0 Å². The summed E-state index contributed by atoms with van der Waals surface area (Å²) < 4.78 is 51.2. The number of alkyl halides is 3. The Labute approximate surface area is 85.6 Å². The molecular weight excluding hydrogens is 242 g/mol. The van der Waals surface area contributed by atoms with Gasteiger partial charge in [0, 0.05) is 6.07 Å². The molecule has 8 heteroatoms. The summed E-state index contributed by atoms with van der Waals surface area (Å²) in [7, 11) is 0. The lowest BCUT2D eigenvalue weighted by Crippen LogP contribution is -2.18. The average molecular weight is 244 g/mol. The fourth-order valence-corrected chi connectivity index (χ4v) is 0.834. The molecule has 3 nitrogen and oxygen atoms in total. The zero-order chi connectivity index (χ0) is 11.6. The SMILES string of the molecule is O=C(Cl)c1cc(OC(F)(F)F)c(F)cn1. The molecule has 82 valence electrons. The third-order valence-electron chi connectivity index (χ3n) is 1.25. The third kappa shape index (κ3) is 3.35. The molecule has 0 saturated heterocycles. The van der Waals surface area contributed by atoms with Crippen LogP contribution in [0.15, 0.2) is 12.3 Å². The van der Waals surface area contributed by atoms with Crippen LogP contribution in [0.2, 0.25) is 0 Å². The van der Waals surface area contributed by atoms with Crippen LogP contribution in [0.4, 0.5) is 17.6 Å². The predicted molar refractivity (Wildman–Crippen MR) is 41.1 cm³/mol. The normalized spacial score (nSPS) is 11.3. The first-order chi connectivity index (χ1) is 6.79. The maximum absolute atomic E-state index is 12.7. The summed E-state index contributed by atoms with van der Waals surface area (Å²) in [5.74, 6) is -2.49. The number of halogens is 5. The smallest absolute Gasteiger partial charge is 0.403 e. The van der Waals surface area contributed by atoms with E-state index in [4.69, 9.17) is 11.6 Å². The first-order valence-corrected chi connectivity index (χ1v) is 3.78. The van der Waals surface area contributed by atoms with E-state index in [9.17, 15) is 22.4 Å². The number of pyridine rings is 1. The highest BCUT2D eigenvalue weighted by Crippen LogP contribution is 2.25. The molecule has 0 aromatic carbocycles. The lowest BCUT2D eigenvalue weighted by atomic mass is 10.3. The molecule has 0 aliphatic carbocycles. The molecule has 0 fully saturated rings. The number of carbonyl (C=O) groups is 1. The second-order valence-corrected chi connectivity index (χ2v) is 2.66. The van der Waals surface area contributed by atoms with Crippen LogP contribution in [0.5, 0.6) is 5.75 Å². The Balaban J connectivity index is 3.06. The first-order valence-electron chi connectivity index (χ1n) is 3.41. The summed E-state index contributed by atoms with van der Waals surface area (Å²) >= 11 is 4.94. The van der Waals surface area contributed by atoms with Gasteiger partial charge in [0.05, 0.1) is 6.20 Å². The van der Waals surface area contributed by atoms with Crippen molar-refractivity contribution in [2.75, 3.05) is 0 Å². The van der Waals surface area contributed by atoms with Crippen molar-refractivity contribution in [1.29, 1.82) is 0 Å². The fourth-order valence-electron chi connectivity index (χ4n) is 0.731. The molecule has 1 heterocycles. The Morgan fingerprint density at radius 2 is 2.07 bits per heavy atom. The molecule has 0 radical (unpaired) electrons. The number of carbonyl (C=O) groups excluding carboxylic acids is 1. The van der Waals surface area contributed by atoms with Crippen LogP contribution in [0.1, 0.15) is 10.5 Å². The van der Waals surface area contributed by atoms with Gasteiger partial charge in [-0.25, -0.2) is 9.37 Å². The highest BCUT2D eigenvalue weighted by molar-refractivity contribution is 6.67. The summed E-state index contributed by atoms with van der Waals surface area (Å²) in [6.45, 7) is 0. The minimum Gasteiger partial charge on any atom is -0.403 e. The number of rotatable bonds is 2. The van der Waals surface area contributed by atoms with Crippen molar-refractivity contribution in [2.45, 2.75) is 6.36 Å². The van der Waals surface area contributed by atoms with Crippen LogP contribution in [-0.4, -0.2) is 16.6 Å². The van der Waals surface area contributed by atoms with E-state index in [0.717, 1.165) is 0 Å². The Hall–Kier alpha value is -1.37. The zero-order valence-corrected chi connectivity index (χ0v) is 7.56. The predicted octanol–water partition coefficient (Wildman–Crippen LogP) is 2.50. The van der Waals surface area contributed by atoms with Gasteiger partial charge in [0.2, 0.25) is 0 Å². The molecule has 0 saturated carbocycles. The standard InChI is InChI=1S/C7H2ClF4NO2/c8-6(14)4-1-5(3(9)2-13-4)15-7(10,11)12/h1-2H. The molecule has 0 aliphatic heterocycles. The van der Waals surface area contributed by atoms with Gasteiger partial charge in [0.15, 0.2) is 11.6 Å². The number of ether oxygens (including phenoxy) is 1. The highest BCUT2D eigenvalue weighted by atomic mass is 35.5. The molecular formula is C7H2ClF4NO2. The summed E-state index contributed by atoms with van der Waals surface area (Å²) in [6.07, 6.45) is -4.63. The Kier molecular flexibility index (Phi) is 3.13. The Morgan fingerprint density at radius 1 is 1.47 bits per heavy atom. The van der Waals surface area contributed by atoms with E-state index in [1.54, 1.807) is 0 Å². The maximum Gasteiger partial charge on any atom is 0.573 e. The molecule has 0 spiro atoms. The lowest BCUT2D eigenvalue weighted by Gasteiger charge is -2.09. The van der Waals surface area contributed by atoms with E-state index < -0.39 is 28.9 Å². The van der Waals surface area contributed by atoms with Gasteiger partial charge in [-0.05, 0) is 11.6 Å². The number of hydrogen-bond donors (Lipinski definition) is 0. The van der Waals surface area contributed by atoms with E-state index in [0.29, 0.717) is 12.3 Å². The second-order valence-electron chi connectivity index (χ2n) is 2.32. The molecule has 1 rings (SSSR count). The summed E-state index contributed by atoms with van der Waals surface area (Å²) in [6, 6.07) is 0.470. The molecule has 15 heavy (non-hydrogen) atoms. The number of nitrogens with zero attached hydrogens (tertiary/aromatic N) is 1. The van der Waals surface area contributed by atoms with E-state index in [2.05, 4.69) is 9.72 Å². The van der Waals surface area contributed by atoms with Crippen LogP contribution in [-0.2, 0) is 0 Å². The monoisotopic (exact) mass is 243 g/mol. The van der Waals surface area contributed by atoms with Crippen LogP contribution in [0, 0.1) is 5.82 Å². The van der Waals surface area contributed by atoms with Gasteiger partial charge in [0.1, 0.15) is 5.69 Å². The van der Waals surface area contributed by atoms with Gasteiger partial charge >= 0.3 is 6.36 Å². The van der Waals surface area contributed by atoms with Crippen molar-refractivity contribution >= 4 is 16.8 Å². The summed E-state index contributed by atoms with van der Waals surface area (Å²) in [4.78, 5) is 13.7. The topological polar surface area (TPSA) is 39.2 Å². The maximum atomic E-state index is 12.7. The minimum atomic E-state index is -5.05. The molecule has 0 amide bonds. The van der Waals surface area contributed by atoms with Crippen LogP contribution in [0.3, 0.4) is 0 Å². The van der Waals surface area contributed by atoms with Crippen LogP contribution >= 0.6 is 11.6 Å². The van der Waals surface area contributed by atoms with Gasteiger partial charge in [-0.1, -0.05) is 0 Å². The molecule has 1 aromatic heterocycles. The second kappa shape index (κ2) is 4.01. The van der Waals surface area contributed by atoms with Crippen molar-refractivity contribution in [1.82, 2.24) is 4.98 Å². The van der Waals surface area contributed by atoms with Crippen molar-refractivity contribution in [3.8, 4) is 5.75 Å². The molecule has 0 unspecified atom stereocenters. The highest BCUT2D eigenvalue weighted by Gasteiger charge is 2.32. The Morgan fingerprint density at radius 3 is 2.53 bits per heavy atom. The first kappa shape index (κ1) is 11.7. The van der Waals surface area contributed by atoms with Gasteiger partial charge in [-0.2, -0.15) is 0 Å². The fraction of sp³-hybridized carbons (Fsp3) is 0.143.